The van der Waals surface area contributed by atoms with E-state index in [2.05, 4.69) is 5.10 Å². The molecule has 2 N–H and O–H groups in total. The molecule has 0 atom stereocenters. The molecule has 10 nitrogen and oxygen atoms in total. The van der Waals surface area contributed by atoms with E-state index in [9.17, 15) is 31.2 Å². The van der Waals surface area contributed by atoms with Crippen LogP contribution in [0.2, 0.25) is 0 Å². The maximum Gasteiger partial charge on any atom is 0.492 e. The van der Waals surface area contributed by atoms with Gasteiger partial charge in [0.05, 0.1) is 29.1 Å². The highest BCUT2D eigenvalue weighted by Gasteiger charge is 2.38. The van der Waals surface area contributed by atoms with Gasteiger partial charge in [-0.3, -0.25) is 9.36 Å². The molecule has 0 aliphatic heterocycles. The van der Waals surface area contributed by atoms with E-state index in [-0.39, 0.29) is 11.3 Å². The van der Waals surface area contributed by atoms with Crippen LogP contribution in [0.25, 0.3) is 16.9 Å². The number of rotatable bonds is 4. The molecule has 0 aliphatic rings. The number of nitrogens with zero attached hydrogens (tertiary/aromatic N) is 5. The Kier molecular flexibility index (Phi) is 5.58. The Labute approximate surface area is 178 Å². The van der Waals surface area contributed by atoms with E-state index < -0.39 is 60.5 Å². The van der Waals surface area contributed by atoms with Gasteiger partial charge >= 0.3 is 12.0 Å². The van der Waals surface area contributed by atoms with Gasteiger partial charge in [0.2, 0.25) is 10.0 Å². The first-order valence-corrected chi connectivity index (χ1v) is 10.4. The number of nitrogens with two attached hydrogens (primary N) is 1. The van der Waals surface area contributed by atoms with E-state index in [1.165, 1.54) is 31.2 Å². The second kappa shape index (κ2) is 7.77. The lowest BCUT2D eigenvalue weighted by Crippen LogP contribution is -2.46. The first-order valence-electron chi connectivity index (χ1n) is 8.88. The highest BCUT2D eigenvalue weighted by atomic mass is 32.2. The van der Waals surface area contributed by atoms with Crippen molar-refractivity contribution in [3.8, 4) is 23.0 Å². The summed E-state index contributed by atoms with van der Waals surface area (Å²) in [6.07, 6.45) is -4.40. The zero-order valence-corrected chi connectivity index (χ0v) is 17.4. The van der Waals surface area contributed by atoms with Gasteiger partial charge in [-0.05, 0) is 38.1 Å². The minimum absolute atomic E-state index is 0.139. The molecule has 168 valence electrons. The summed E-state index contributed by atoms with van der Waals surface area (Å²) in [5.41, 5.74) is -4.46. The molecule has 0 bridgehead atoms. The van der Waals surface area contributed by atoms with Gasteiger partial charge in [0.1, 0.15) is 10.6 Å². The van der Waals surface area contributed by atoms with Crippen LogP contribution in [0.4, 0.5) is 13.2 Å². The van der Waals surface area contributed by atoms with E-state index in [1.54, 1.807) is 0 Å². The molecule has 1 aromatic carbocycles. The van der Waals surface area contributed by atoms with Gasteiger partial charge in [0.25, 0.3) is 5.56 Å². The number of sulfonamides is 1. The average Bonchev–Trinajstić information content (AvgIpc) is 3.12. The highest BCUT2D eigenvalue weighted by molar-refractivity contribution is 7.89. The van der Waals surface area contributed by atoms with Crippen LogP contribution in [0.3, 0.4) is 0 Å². The van der Waals surface area contributed by atoms with Crippen molar-refractivity contribution < 1.29 is 21.6 Å². The quantitative estimate of drug-likeness (QED) is 0.609. The molecule has 0 amide bonds. The molecule has 14 heteroatoms. The average molecular weight is 468 g/mol. The first-order chi connectivity index (χ1) is 14.8. The van der Waals surface area contributed by atoms with Crippen molar-refractivity contribution in [2.24, 2.45) is 5.14 Å². The monoisotopic (exact) mass is 468 g/mol. The Bertz CT molecular complexity index is 1480. The topological polar surface area (TPSA) is 146 Å². The van der Waals surface area contributed by atoms with Gasteiger partial charge in [0, 0.05) is 12.2 Å². The van der Waals surface area contributed by atoms with E-state index >= 15 is 0 Å². The lowest BCUT2D eigenvalue weighted by Gasteiger charge is -2.19. The van der Waals surface area contributed by atoms with Crippen LogP contribution in [0, 0.1) is 18.3 Å². The number of aromatic nitrogens is 4. The largest absolute Gasteiger partial charge is 0.492 e. The molecule has 32 heavy (non-hydrogen) atoms. The standard InChI is InChI=1S/C18H15F3N6O4S/c1-3-25-16(28)14(10(2)26(17(25)29)18(19,20)21)15-13(32(23,30)31)9-24-27(15)12-6-4-11(8-22)5-7-12/h4-7,9H,3H2,1-2H3,(H2,23,30,31). The minimum Gasteiger partial charge on any atom is -0.268 e. The van der Waals surface area contributed by atoms with Crippen molar-refractivity contribution in [3.63, 3.8) is 0 Å². The number of benzene rings is 1. The van der Waals surface area contributed by atoms with Crippen molar-refractivity contribution in [1.29, 1.82) is 5.26 Å². The summed E-state index contributed by atoms with van der Waals surface area (Å²) < 4.78 is 66.1. The maximum atomic E-state index is 13.7. The molecule has 0 spiro atoms. The third-order valence-corrected chi connectivity index (χ3v) is 5.58. The van der Waals surface area contributed by atoms with E-state index in [1.807, 2.05) is 6.07 Å². The van der Waals surface area contributed by atoms with Gasteiger partial charge < -0.3 is 0 Å². The summed E-state index contributed by atoms with van der Waals surface area (Å²) in [5, 5.41) is 18.1. The van der Waals surface area contributed by atoms with Gasteiger partial charge in [0.15, 0.2) is 0 Å². The Morgan fingerprint density at radius 2 is 1.78 bits per heavy atom. The number of nitriles is 1. The Balaban J connectivity index is 2.55. The van der Waals surface area contributed by atoms with Crippen molar-refractivity contribution in [2.45, 2.75) is 31.6 Å². The van der Waals surface area contributed by atoms with Crippen LogP contribution in [-0.4, -0.2) is 27.3 Å². The second-order valence-electron chi connectivity index (χ2n) is 6.57. The fraction of sp³-hybridized carbons (Fsp3) is 0.222. The van der Waals surface area contributed by atoms with Crippen LogP contribution >= 0.6 is 0 Å². The molecule has 0 radical (unpaired) electrons. The van der Waals surface area contributed by atoms with Crippen molar-refractivity contribution in [1.82, 2.24) is 18.9 Å². The number of halogens is 3. The fourth-order valence-electron chi connectivity index (χ4n) is 3.25. The van der Waals surface area contributed by atoms with E-state index in [0.29, 0.717) is 4.57 Å². The predicted molar refractivity (Wildman–Crippen MR) is 105 cm³/mol. The molecule has 0 fully saturated rings. The molecule has 0 saturated heterocycles. The van der Waals surface area contributed by atoms with Crippen LogP contribution in [0.5, 0.6) is 0 Å². The van der Waals surface area contributed by atoms with E-state index in [4.69, 9.17) is 10.4 Å². The third kappa shape index (κ3) is 3.72. The van der Waals surface area contributed by atoms with Crippen molar-refractivity contribution in [3.05, 3.63) is 62.6 Å². The normalized spacial score (nSPS) is 12.0. The van der Waals surface area contributed by atoms with Crippen molar-refractivity contribution >= 4 is 10.0 Å². The molecule has 3 aromatic rings. The Hall–Kier alpha value is -3.70. The zero-order chi connectivity index (χ0) is 24.0. The predicted octanol–water partition coefficient (Wildman–Crippen LogP) is 1.19. The minimum atomic E-state index is -5.19. The van der Waals surface area contributed by atoms with Crippen molar-refractivity contribution in [2.75, 3.05) is 0 Å². The van der Waals surface area contributed by atoms with Crippen LogP contribution in [0.1, 0.15) is 18.2 Å². The highest BCUT2D eigenvalue weighted by Crippen LogP contribution is 2.31. The van der Waals surface area contributed by atoms with E-state index in [0.717, 1.165) is 17.8 Å². The number of alkyl halides is 3. The number of hydrogen-bond acceptors (Lipinski definition) is 6. The van der Waals surface area contributed by atoms with Crippen LogP contribution < -0.4 is 16.4 Å². The lowest BCUT2D eigenvalue weighted by molar-refractivity contribution is -0.208. The Morgan fingerprint density at radius 3 is 2.25 bits per heavy atom. The summed E-state index contributed by atoms with van der Waals surface area (Å²) in [5.74, 6) is 0. The van der Waals surface area contributed by atoms with Gasteiger partial charge in [-0.15, -0.1) is 13.2 Å². The van der Waals surface area contributed by atoms with Gasteiger partial charge in [-0.1, -0.05) is 0 Å². The molecular weight excluding hydrogens is 453 g/mol. The number of primary sulfonamides is 1. The molecule has 2 aromatic heterocycles. The van der Waals surface area contributed by atoms with Gasteiger partial charge in [-0.25, -0.2) is 27.6 Å². The Morgan fingerprint density at radius 1 is 1.19 bits per heavy atom. The molecule has 3 rings (SSSR count). The van der Waals surface area contributed by atoms with Gasteiger partial charge in [-0.2, -0.15) is 10.4 Å². The van der Waals surface area contributed by atoms with Crippen LogP contribution in [-0.2, 0) is 22.9 Å². The zero-order valence-electron chi connectivity index (χ0n) is 16.6. The molecule has 0 unspecified atom stereocenters. The SMILES string of the molecule is CCn1c(=O)c(-c2c(S(N)(=O)=O)cnn2-c2ccc(C#N)cc2)c(C)n(C(F)(F)F)c1=O. The maximum absolute atomic E-state index is 13.7. The fourth-order valence-corrected chi connectivity index (χ4v) is 3.90. The number of hydrogen-bond donors (Lipinski definition) is 1. The summed E-state index contributed by atoms with van der Waals surface area (Å²) in [6, 6.07) is 7.33. The molecular formula is C18H15F3N6O4S. The summed E-state index contributed by atoms with van der Waals surface area (Å²) in [4.78, 5) is 24.7. The summed E-state index contributed by atoms with van der Waals surface area (Å²) in [7, 11) is -4.55. The smallest absolute Gasteiger partial charge is 0.268 e. The molecule has 0 saturated carbocycles. The first kappa shape index (κ1) is 23.0. The summed E-state index contributed by atoms with van der Waals surface area (Å²) >= 11 is 0. The summed E-state index contributed by atoms with van der Waals surface area (Å²) in [6.45, 7) is 1.76. The molecule has 0 aliphatic carbocycles. The second-order valence-corrected chi connectivity index (χ2v) is 8.10. The van der Waals surface area contributed by atoms with Crippen LogP contribution in [0.15, 0.2) is 44.9 Å². The molecule has 2 heterocycles. The lowest BCUT2D eigenvalue weighted by atomic mass is 10.1. The third-order valence-electron chi connectivity index (χ3n) is 4.67.